The van der Waals surface area contributed by atoms with Crippen LogP contribution in [0.15, 0.2) is 36.4 Å². The number of rotatable bonds is 4. The number of pyridine rings is 1. The topological polar surface area (TPSA) is 16.1 Å². The third kappa shape index (κ3) is 3.62. The lowest BCUT2D eigenvalue weighted by atomic mass is 10.1. The fourth-order valence-electron chi connectivity index (χ4n) is 1.94. The first kappa shape index (κ1) is 14.2. The zero-order valence-corrected chi connectivity index (χ0v) is 12.5. The van der Waals surface area contributed by atoms with Crippen molar-refractivity contribution in [3.63, 3.8) is 0 Å². The maximum absolute atomic E-state index is 6.02. The lowest BCUT2D eigenvalue weighted by Gasteiger charge is -2.19. The van der Waals surface area contributed by atoms with Crippen molar-refractivity contribution in [2.45, 2.75) is 19.3 Å². The van der Waals surface area contributed by atoms with Crippen molar-refractivity contribution in [1.82, 2.24) is 4.98 Å². The SMILES string of the molecule is Cc1cccc(CN(C)c2ccc(Cl)c(CCl)n2)c1. The molecule has 2 rings (SSSR count). The molecular weight excluding hydrogens is 279 g/mol. The summed E-state index contributed by atoms with van der Waals surface area (Å²) in [5, 5.41) is 0.614. The number of halogens is 2. The van der Waals surface area contributed by atoms with Gasteiger partial charge in [-0.2, -0.15) is 0 Å². The second kappa shape index (κ2) is 6.27. The molecule has 0 saturated heterocycles. The Morgan fingerprint density at radius 1 is 1.21 bits per heavy atom. The van der Waals surface area contributed by atoms with E-state index in [0.717, 1.165) is 18.1 Å². The van der Waals surface area contributed by atoms with E-state index in [2.05, 4.69) is 41.1 Å². The predicted molar refractivity (Wildman–Crippen MR) is 82.1 cm³/mol. The van der Waals surface area contributed by atoms with Crippen molar-refractivity contribution in [3.05, 3.63) is 58.2 Å². The highest BCUT2D eigenvalue weighted by Gasteiger charge is 2.07. The van der Waals surface area contributed by atoms with E-state index in [1.807, 2.05) is 19.2 Å². The van der Waals surface area contributed by atoms with Crippen LogP contribution in [0.5, 0.6) is 0 Å². The fourth-order valence-corrected chi connectivity index (χ4v) is 2.39. The molecule has 0 bridgehead atoms. The average Bonchev–Trinajstić information content (AvgIpc) is 2.39. The van der Waals surface area contributed by atoms with Gasteiger partial charge < -0.3 is 4.90 Å². The van der Waals surface area contributed by atoms with Gasteiger partial charge in [0, 0.05) is 13.6 Å². The van der Waals surface area contributed by atoms with Crippen molar-refractivity contribution in [1.29, 1.82) is 0 Å². The third-order valence-electron chi connectivity index (χ3n) is 2.92. The zero-order chi connectivity index (χ0) is 13.8. The molecule has 0 atom stereocenters. The summed E-state index contributed by atoms with van der Waals surface area (Å²) in [6.45, 7) is 2.90. The largest absolute Gasteiger partial charge is 0.355 e. The molecule has 2 aromatic rings. The summed E-state index contributed by atoms with van der Waals surface area (Å²) in [6.07, 6.45) is 0. The van der Waals surface area contributed by atoms with Gasteiger partial charge in [0.05, 0.1) is 16.6 Å². The number of hydrogen-bond acceptors (Lipinski definition) is 2. The minimum atomic E-state index is 0.324. The van der Waals surface area contributed by atoms with Gasteiger partial charge in [-0.15, -0.1) is 11.6 Å². The number of aromatic nitrogens is 1. The molecule has 4 heteroatoms. The van der Waals surface area contributed by atoms with Crippen LogP contribution >= 0.6 is 23.2 Å². The molecule has 1 heterocycles. The summed E-state index contributed by atoms with van der Waals surface area (Å²) in [7, 11) is 2.01. The molecule has 1 aromatic carbocycles. The van der Waals surface area contributed by atoms with Crippen LogP contribution in [0.4, 0.5) is 5.82 Å². The molecule has 0 amide bonds. The first-order chi connectivity index (χ1) is 9.10. The van der Waals surface area contributed by atoms with E-state index < -0.39 is 0 Å². The molecule has 0 aliphatic rings. The van der Waals surface area contributed by atoms with Crippen LogP contribution in [0.25, 0.3) is 0 Å². The first-order valence-electron chi connectivity index (χ1n) is 6.08. The molecule has 19 heavy (non-hydrogen) atoms. The summed E-state index contributed by atoms with van der Waals surface area (Å²) in [6, 6.07) is 12.2. The number of anilines is 1. The quantitative estimate of drug-likeness (QED) is 0.776. The molecule has 0 aliphatic heterocycles. The van der Waals surface area contributed by atoms with Crippen LogP contribution in [-0.2, 0) is 12.4 Å². The summed E-state index contributed by atoms with van der Waals surface area (Å²) in [5.74, 6) is 1.20. The fraction of sp³-hybridized carbons (Fsp3) is 0.267. The standard InChI is InChI=1S/C15H16Cl2N2/c1-11-4-3-5-12(8-11)10-19(2)15-7-6-13(17)14(9-16)18-15/h3-8H,9-10H2,1-2H3. The Bertz CT molecular complexity index is 570. The van der Waals surface area contributed by atoms with Crippen molar-refractivity contribution in [2.75, 3.05) is 11.9 Å². The van der Waals surface area contributed by atoms with Crippen LogP contribution in [0.2, 0.25) is 5.02 Å². The lowest BCUT2D eigenvalue weighted by Crippen LogP contribution is -2.18. The van der Waals surface area contributed by atoms with Gasteiger partial charge in [0.15, 0.2) is 0 Å². The van der Waals surface area contributed by atoms with E-state index >= 15 is 0 Å². The van der Waals surface area contributed by atoms with E-state index in [0.29, 0.717) is 10.9 Å². The van der Waals surface area contributed by atoms with Gasteiger partial charge in [0.25, 0.3) is 0 Å². The molecule has 1 aromatic heterocycles. The molecule has 0 radical (unpaired) electrons. The Labute approximate surface area is 124 Å². The average molecular weight is 295 g/mol. The van der Waals surface area contributed by atoms with E-state index in [9.17, 15) is 0 Å². The molecule has 100 valence electrons. The second-order valence-electron chi connectivity index (χ2n) is 4.58. The Morgan fingerprint density at radius 2 is 2.00 bits per heavy atom. The van der Waals surface area contributed by atoms with Gasteiger partial charge >= 0.3 is 0 Å². The maximum Gasteiger partial charge on any atom is 0.129 e. The van der Waals surface area contributed by atoms with Gasteiger partial charge in [0.1, 0.15) is 5.82 Å². The number of alkyl halides is 1. The summed E-state index contributed by atoms with van der Waals surface area (Å²) in [5.41, 5.74) is 3.24. The summed E-state index contributed by atoms with van der Waals surface area (Å²) < 4.78 is 0. The van der Waals surface area contributed by atoms with E-state index in [4.69, 9.17) is 23.2 Å². The predicted octanol–water partition coefficient (Wildman–Crippen LogP) is 4.42. The third-order valence-corrected chi connectivity index (χ3v) is 3.52. The molecule has 0 N–H and O–H groups in total. The van der Waals surface area contributed by atoms with Crippen LogP contribution in [-0.4, -0.2) is 12.0 Å². The number of benzene rings is 1. The first-order valence-corrected chi connectivity index (χ1v) is 6.99. The Kier molecular flexibility index (Phi) is 4.67. The van der Waals surface area contributed by atoms with E-state index in [1.54, 1.807) is 0 Å². The van der Waals surface area contributed by atoms with Gasteiger partial charge in [-0.3, -0.25) is 0 Å². The number of hydrogen-bond donors (Lipinski definition) is 0. The lowest BCUT2D eigenvalue weighted by molar-refractivity contribution is 0.890. The van der Waals surface area contributed by atoms with Gasteiger partial charge in [-0.25, -0.2) is 4.98 Å². The van der Waals surface area contributed by atoms with Crippen LogP contribution in [0.3, 0.4) is 0 Å². The minimum Gasteiger partial charge on any atom is -0.355 e. The highest BCUT2D eigenvalue weighted by molar-refractivity contribution is 6.32. The van der Waals surface area contributed by atoms with Crippen molar-refractivity contribution >= 4 is 29.0 Å². The Hall–Kier alpha value is -1.25. The van der Waals surface area contributed by atoms with Crippen molar-refractivity contribution < 1.29 is 0 Å². The van der Waals surface area contributed by atoms with Crippen LogP contribution < -0.4 is 4.90 Å². The highest BCUT2D eigenvalue weighted by Crippen LogP contribution is 2.21. The number of nitrogens with zero attached hydrogens (tertiary/aromatic N) is 2. The molecule has 2 nitrogen and oxygen atoms in total. The number of aryl methyl sites for hydroxylation is 1. The van der Waals surface area contributed by atoms with Gasteiger partial charge in [-0.05, 0) is 24.6 Å². The smallest absolute Gasteiger partial charge is 0.129 e. The van der Waals surface area contributed by atoms with Crippen molar-refractivity contribution in [2.24, 2.45) is 0 Å². The molecule has 0 unspecified atom stereocenters. The normalized spacial score (nSPS) is 10.5. The monoisotopic (exact) mass is 294 g/mol. The molecule has 0 saturated carbocycles. The Morgan fingerprint density at radius 3 is 2.68 bits per heavy atom. The van der Waals surface area contributed by atoms with Crippen LogP contribution in [0, 0.1) is 6.92 Å². The Balaban J connectivity index is 2.18. The van der Waals surface area contributed by atoms with E-state index in [1.165, 1.54) is 11.1 Å². The van der Waals surface area contributed by atoms with Gasteiger partial charge in [-0.1, -0.05) is 41.4 Å². The zero-order valence-electron chi connectivity index (χ0n) is 11.0. The van der Waals surface area contributed by atoms with Crippen molar-refractivity contribution in [3.8, 4) is 0 Å². The highest BCUT2D eigenvalue weighted by atomic mass is 35.5. The minimum absolute atomic E-state index is 0.324. The van der Waals surface area contributed by atoms with E-state index in [-0.39, 0.29) is 0 Å². The summed E-state index contributed by atoms with van der Waals surface area (Å²) >= 11 is 11.8. The maximum atomic E-state index is 6.02. The summed E-state index contributed by atoms with van der Waals surface area (Å²) in [4.78, 5) is 6.56. The van der Waals surface area contributed by atoms with Gasteiger partial charge in [0.2, 0.25) is 0 Å². The molecular formula is C15H16Cl2N2. The molecule has 0 spiro atoms. The molecule has 0 aliphatic carbocycles. The second-order valence-corrected chi connectivity index (χ2v) is 5.25. The van der Waals surface area contributed by atoms with Crippen LogP contribution in [0.1, 0.15) is 16.8 Å². The molecule has 0 fully saturated rings.